The van der Waals surface area contributed by atoms with E-state index >= 15 is 0 Å². The maximum absolute atomic E-state index is 7.00. The van der Waals surface area contributed by atoms with Crippen molar-refractivity contribution in [2.24, 2.45) is 0 Å². The molecule has 1 aliphatic heterocycles. The summed E-state index contributed by atoms with van der Waals surface area (Å²) in [5, 5.41) is 0.667. The molecule has 1 heterocycles. The molecule has 2 aromatic rings. The largest absolute Gasteiger partial charge is 0.495 e. The number of benzene rings is 2. The van der Waals surface area contributed by atoms with E-state index in [1.165, 1.54) is 0 Å². The van der Waals surface area contributed by atoms with Crippen LogP contribution in [0.1, 0.15) is 33.3 Å². The minimum Gasteiger partial charge on any atom is -0.457 e. The number of ether oxygens (including phenoxy) is 1. The van der Waals surface area contributed by atoms with E-state index < -0.39 is 7.12 Å². The first-order valence-corrected chi connectivity index (χ1v) is 9.58. The van der Waals surface area contributed by atoms with Gasteiger partial charge in [0.15, 0.2) is 5.69 Å². The van der Waals surface area contributed by atoms with Gasteiger partial charge in [0.25, 0.3) is 0 Å². The van der Waals surface area contributed by atoms with Gasteiger partial charge in [-0.1, -0.05) is 34.1 Å². The molecule has 0 aromatic heterocycles. The predicted octanol–water partition coefficient (Wildman–Crippen LogP) is 5.22. The molecule has 0 bridgehead atoms. The molecule has 3 rings (SSSR count). The summed E-state index contributed by atoms with van der Waals surface area (Å²) < 4.78 is 18.2. The maximum Gasteiger partial charge on any atom is 0.495 e. The third-order valence-electron chi connectivity index (χ3n) is 4.97. The first-order chi connectivity index (χ1) is 12.3. The van der Waals surface area contributed by atoms with E-state index in [1.54, 1.807) is 24.3 Å². The number of nitrogens with zero attached hydrogens (tertiary/aromatic N) is 1. The van der Waals surface area contributed by atoms with Crippen LogP contribution in [-0.2, 0) is 14.6 Å². The molecule has 26 heavy (non-hydrogen) atoms. The molecule has 1 saturated heterocycles. The van der Waals surface area contributed by atoms with Crippen LogP contribution in [-0.4, -0.2) is 18.3 Å². The van der Waals surface area contributed by atoms with E-state index in [-0.39, 0.29) is 11.2 Å². The van der Waals surface area contributed by atoms with Crippen molar-refractivity contribution >= 4 is 34.2 Å². The van der Waals surface area contributed by atoms with Gasteiger partial charge in [0.2, 0.25) is 0 Å². The minimum atomic E-state index is -0.403. The lowest BCUT2D eigenvalue weighted by Crippen LogP contribution is -2.41. The molecule has 4 nitrogen and oxygen atoms in total. The highest BCUT2D eigenvalue weighted by Crippen LogP contribution is 2.37. The van der Waals surface area contributed by atoms with Gasteiger partial charge in [-0.2, -0.15) is 0 Å². The van der Waals surface area contributed by atoms with Crippen molar-refractivity contribution in [1.29, 1.82) is 0 Å². The molecule has 1 fully saturated rings. The fraction of sp³-hybridized carbons (Fsp3) is 0.350. The fourth-order valence-corrected chi connectivity index (χ4v) is 3.17. The van der Waals surface area contributed by atoms with E-state index in [9.17, 15) is 0 Å². The molecule has 0 amide bonds. The predicted molar refractivity (Wildman–Crippen MR) is 108 cm³/mol. The fourth-order valence-electron chi connectivity index (χ4n) is 2.69. The van der Waals surface area contributed by atoms with Gasteiger partial charge in [-0.25, -0.2) is 4.85 Å². The van der Waals surface area contributed by atoms with Gasteiger partial charge in [0, 0.05) is 5.33 Å². The summed E-state index contributed by atoms with van der Waals surface area (Å²) in [4.78, 5) is 3.39. The Bertz CT molecular complexity index is 827. The summed E-state index contributed by atoms with van der Waals surface area (Å²) in [5.41, 5.74) is 1.90. The number of alkyl halides is 1. The Labute approximate surface area is 163 Å². The van der Waals surface area contributed by atoms with Crippen molar-refractivity contribution in [2.45, 2.75) is 44.2 Å². The smallest absolute Gasteiger partial charge is 0.457 e. The molecule has 6 heteroatoms. The average molecular weight is 414 g/mol. The molecule has 0 saturated carbocycles. The first kappa shape index (κ1) is 19.0. The van der Waals surface area contributed by atoms with Gasteiger partial charge in [-0.05, 0) is 63.0 Å². The Morgan fingerprint density at radius 3 is 2.12 bits per heavy atom. The van der Waals surface area contributed by atoms with Gasteiger partial charge in [-0.15, -0.1) is 0 Å². The summed E-state index contributed by atoms with van der Waals surface area (Å²) in [6.45, 7) is 15.2. The lowest BCUT2D eigenvalue weighted by atomic mass is 9.76. The van der Waals surface area contributed by atoms with E-state index in [0.29, 0.717) is 16.8 Å². The van der Waals surface area contributed by atoms with Crippen molar-refractivity contribution in [3.05, 3.63) is 59.4 Å². The molecule has 0 aliphatic carbocycles. The third kappa shape index (κ3) is 3.66. The number of hydrogen-bond acceptors (Lipinski definition) is 3. The third-order valence-corrected chi connectivity index (χ3v) is 5.57. The van der Waals surface area contributed by atoms with E-state index in [1.807, 2.05) is 45.9 Å². The molecule has 0 N–H and O–H groups in total. The van der Waals surface area contributed by atoms with Gasteiger partial charge >= 0.3 is 7.12 Å². The molecule has 1 aliphatic rings. The van der Waals surface area contributed by atoms with E-state index in [4.69, 9.17) is 20.6 Å². The van der Waals surface area contributed by atoms with E-state index in [2.05, 4.69) is 20.8 Å². The topological polar surface area (TPSA) is 32.0 Å². The normalized spacial score (nSPS) is 17.8. The molecule has 0 spiro atoms. The number of rotatable bonds is 4. The van der Waals surface area contributed by atoms with Crippen LogP contribution >= 0.6 is 15.9 Å². The van der Waals surface area contributed by atoms with Crippen LogP contribution in [0.5, 0.6) is 11.5 Å². The van der Waals surface area contributed by atoms with Crippen LogP contribution in [0.4, 0.5) is 5.69 Å². The van der Waals surface area contributed by atoms with E-state index in [0.717, 1.165) is 16.8 Å². The Hall–Kier alpha value is -1.81. The molecule has 134 valence electrons. The van der Waals surface area contributed by atoms with Gasteiger partial charge in [0.05, 0.1) is 17.8 Å². The zero-order chi connectivity index (χ0) is 18.9. The van der Waals surface area contributed by atoms with Crippen LogP contribution in [0.3, 0.4) is 0 Å². The Morgan fingerprint density at radius 1 is 1.00 bits per heavy atom. The van der Waals surface area contributed by atoms with Gasteiger partial charge < -0.3 is 14.0 Å². The highest BCUT2D eigenvalue weighted by molar-refractivity contribution is 9.08. The summed E-state index contributed by atoms with van der Waals surface area (Å²) in [7, 11) is -0.403. The van der Waals surface area contributed by atoms with Crippen LogP contribution < -0.4 is 10.2 Å². The lowest BCUT2D eigenvalue weighted by Gasteiger charge is -2.32. The lowest BCUT2D eigenvalue weighted by molar-refractivity contribution is 0.00578. The van der Waals surface area contributed by atoms with Gasteiger partial charge in [0.1, 0.15) is 11.5 Å². The van der Waals surface area contributed by atoms with Gasteiger partial charge in [-0.3, -0.25) is 0 Å². The van der Waals surface area contributed by atoms with Crippen molar-refractivity contribution in [1.82, 2.24) is 0 Å². The second-order valence-corrected chi connectivity index (χ2v) is 7.85. The number of hydrogen-bond donors (Lipinski definition) is 0. The first-order valence-electron chi connectivity index (χ1n) is 8.45. The molecular weight excluding hydrogens is 393 g/mol. The Kier molecular flexibility index (Phi) is 5.16. The van der Waals surface area contributed by atoms with Crippen LogP contribution in [0.2, 0.25) is 0 Å². The summed E-state index contributed by atoms with van der Waals surface area (Å²) in [6, 6.07) is 13.0. The molecule has 2 aromatic carbocycles. The second kappa shape index (κ2) is 7.07. The zero-order valence-corrected chi connectivity index (χ0v) is 17.0. The SMILES string of the molecule is [C-]#[N+]c1ccc(Oc2ccc(B3OC(C)(C)C(C)(C)O3)c(CBr)c2)cc1. The average Bonchev–Trinajstić information content (AvgIpc) is 2.83. The number of halogens is 1. The highest BCUT2D eigenvalue weighted by Gasteiger charge is 2.52. The van der Waals surface area contributed by atoms with Crippen molar-refractivity contribution in [3.63, 3.8) is 0 Å². The van der Waals surface area contributed by atoms with Crippen LogP contribution in [0.15, 0.2) is 42.5 Å². The van der Waals surface area contributed by atoms with Crippen molar-refractivity contribution < 1.29 is 14.0 Å². The summed E-state index contributed by atoms with van der Waals surface area (Å²) in [5.74, 6) is 1.43. The van der Waals surface area contributed by atoms with Crippen molar-refractivity contribution in [2.75, 3.05) is 0 Å². The summed E-state index contributed by atoms with van der Waals surface area (Å²) >= 11 is 3.55. The molecular formula is C20H21BBrNO3. The molecule has 0 atom stereocenters. The van der Waals surface area contributed by atoms with Crippen LogP contribution in [0.25, 0.3) is 4.85 Å². The standard InChI is InChI=1S/C20H21BBrNO3/c1-19(2)20(3,4)26-21(25-19)18-11-10-17(12-14(18)13-22)24-16-8-6-15(23-5)7-9-16/h6-12H,13H2,1-4H3. The Balaban J connectivity index is 1.83. The molecule has 0 radical (unpaired) electrons. The van der Waals surface area contributed by atoms with Crippen molar-refractivity contribution in [3.8, 4) is 11.5 Å². The summed E-state index contributed by atoms with van der Waals surface area (Å²) in [6.07, 6.45) is 0. The monoisotopic (exact) mass is 413 g/mol. The Morgan fingerprint density at radius 2 is 1.58 bits per heavy atom. The minimum absolute atomic E-state index is 0.374. The molecule has 0 unspecified atom stereocenters. The quantitative estimate of drug-likeness (QED) is 0.391. The zero-order valence-electron chi connectivity index (χ0n) is 15.4. The highest BCUT2D eigenvalue weighted by atomic mass is 79.9. The maximum atomic E-state index is 7.00. The second-order valence-electron chi connectivity index (χ2n) is 7.29. The van der Waals surface area contributed by atoms with Crippen LogP contribution in [0, 0.1) is 6.57 Å².